The average Bonchev–Trinajstić information content (AvgIpc) is 2.97. The number of thioether (sulfide) groups is 1. The highest BCUT2D eigenvalue weighted by atomic mass is 32.2. The second-order valence-corrected chi connectivity index (χ2v) is 6.86. The molecule has 10 nitrogen and oxygen atoms in total. The summed E-state index contributed by atoms with van der Waals surface area (Å²) in [6, 6.07) is -1.05. The number of aliphatic hydroxyl groups is 1. The van der Waals surface area contributed by atoms with Crippen LogP contribution in [0.4, 0.5) is 5.13 Å². The summed E-state index contributed by atoms with van der Waals surface area (Å²) in [5, 5.41) is 21.7. The molecule has 1 fully saturated rings. The SMILES string of the molecule is Nc1nc(C(=O)C(=O)NC2C(=O)N3C(C(=O)O)=C(O)CS[C@H]23)cs1. The number of thiazole rings is 1. The number of carbonyl (C=O) groups is 4. The Labute approximate surface area is 142 Å². The van der Waals surface area contributed by atoms with E-state index in [-0.39, 0.29) is 16.6 Å². The fourth-order valence-corrected chi connectivity index (χ4v) is 4.06. The van der Waals surface area contributed by atoms with E-state index in [2.05, 4.69) is 10.3 Å². The lowest BCUT2D eigenvalue weighted by molar-refractivity contribution is -0.150. The Bertz CT molecular complexity index is 803. The molecule has 126 valence electrons. The summed E-state index contributed by atoms with van der Waals surface area (Å²) >= 11 is 2.08. The Hall–Kier alpha value is -2.60. The van der Waals surface area contributed by atoms with Crippen molar-refractivity contribution in [2.24, 2.45) is 0 Å². The minimum atomic E-state index is -1.44. The molecule has 5 N–H and O–H groups in total. The van der Waals surface area contributed by atoms with Crippen molar-refractivity contribution in [1.82, 2.24) is 15.2 Å². The molecule has 0 spiro atoms. The van der Waals surface area contributed by atoms with E-state index in [1.165, 1.54) is 5.38 Å². The molecule has 24 heavy (non-hydrogen) atoms. The van der Waals surface area contributed by atoms with Crippen molar-refractivity contribution in [2.75, 3.05) is 11.5 Å². The highest BCUT2D eigenvalue weighted by molar-refractivity contribution is 8.00. The summed E-state index contributed by atoms with van der Waals surface area (Å²) in [6.45, 7) is 0. The van der Waals surface area contributed by atoms with Crippen LogP contribution in [-0.2, 0) is 14.4 Å². The van der Waals surface area contributed by atoms with Gasteiger partial charge >= 0.3 is 5.97 Å². The summed E-state index contributed by atoms with van der Waals surface area (Å²) < 4.78 is 0. The monoisotopic (exact) mass is 370 g/mol. The van der Waals surface area contributed by atoms with Crippen LogP contribution in [0.25, 0.3) is 0 Å². The third-order valence-corrected chi connectivity index (χ3v) is 5.34. The number of hydrogen-bond acceptors (Lipinski definition) is 9. The number of carbonyl (C=O) groups excluding carboxylic acids is 3. The number of amides is 2. The molecule has 1 unspecified atom stereocenters. The molecule has 0 aromatic carbocycles. The van der Waals surface area contributed by atoms with Crippen LogP contribution in [0, 0.1) is 0 Å². The molecule has 2 aliphatic heterocycles. The normalized spacial score (nSPS) is 22.7. The van der Waals surface area contributed by atoms with Crippen molar-refractivity contribution in [1.29, 1.82) is 0 Å². The standard InChI is InChI=1S/C12H10N4O6S2/c13-12-14-3(1-24-12)7(18)8(19)15-5-9(20)16-6(11(21)22)4(17)2-23-10(5)16/h1,5,10,17H,2H2,(H2,13,14)(H,15,19)(H,21,22)/t5?,10-/m1/s1. The van der Waals surface area contributed by atoms with Crippen molar-refractivity contribution in [2.45, 2.75) is 11.4 Å². The van der Waals surface area contributed by atoms with Crippen LogP contribution in [0.3, 0.4) is 0 Å². The first-order valence-electron chi connectivity index (χ1n) is 6.47. The van der Waals surface area contributed by atoms with E-state index in [0.717, 1.165) is 28.0 Å². The topological polar surface area (TPSA) is 163 Å². The van der Waals surface area contributed by atoms with Gasteiger partial charge in [-0.15, -0.1) is 23.1 Å². The van der Waals surface area contributed by atoms with Crippen molar-refractivity contribution < 1.29 is 29.4 Å². The summed E-state index contributed by atoms with van der Waals surface area (Å²) in [6.07, 6.45) is 0. The molecule has 2 aliphatic rings. The summed E-state index contributed by atoms with van der Waals surface area (Å²) in [4.78, 5) is 51.7. The number of β-lactam (4-membered cyclic amide) rings is 1. The molecule has 0 bridgehead atoms. The second kappa shape index (κ2) is 5.79. The van der Waals surface area contributed by atoms with E-state index in [1.54, 1.807) is 0 Å². The molecule has 0 saturated carbocycles. The van der Waals surface area contributed by atoms with E-state index in [9.17, 15) is 24.3 Å². The molecule has 3 rings (SSSR count). The minimum absolute atomic E-state index is 0.0149. The van der Waals surface area contributed by atoms with Gasteiger partial charge in [0, 0.05) is 5.38 Å². The van der Waals surface area contributed by atoms with Crippen LogP contribution in [0.1, 0.15) is 10.5 Å². The van der Waals surface area contributed by atoms with E-state index in [0.29, 0.717) is 0 Å². The number of nitrogens with two attached hydrogens (primary N) is 1. The van der Waals surface area contributed by atoms with Crippen LogP contribution in [0.5, 0.6) is 0 Å². The van der Waals surface area contributed by atoms with Crippen LogP contribution < -0.4 is 11.1 Å². The van der Waals surface area contributed by atoms with Crippen molar-refractivity contribution in [3.8, 4) is 0 Å². The van der Waals surface area contributed by atoms with Gasteiger partial charge in [0.2, 0.25) is 0 Å². The Morgan fingerprint density at radius 1 is 1.42 bits per heavy atom. The van der Waals surface area contributed by atoms with Crippen LogP contribution in [-0.4, -0.2) is 60.8 Å². The number of hydrogen-bond donors (Lipinski definition) is 4. The van der Waals surface area contributed by atoms with Crippen LogP contribution in [0.2, 0.25) is 0 Å². The van der Waals surface area contributed by atoms with Crippen molar-refractivity contribution in [3.63, 3.8) is 0 Å². The predicted octanol–water partition coefficient (Wildman–Crippen LogP) is -0.838. The van der Waals surface area contributed by atoms with Gasteiger partial charge in [-0.3, -0.25) is 19.3 Å². The number of rotatable bonds is 4. The number of Topliss-reactive ketones (excluding diaryl/α,β-unsaturated/α-hetero) is 1. The zero-order chi connectivity index (χ0) is 17.6. The maximum Gasteiger partial charge on any atom is 0.356 e. The first kappa shape index (κ1) is 16.3. The maximum absolute atomic E-state index is 12.1. The zero-order valence-corrected chi connectivity index (χ0v) is 13.4. The van der Waals surface area contributed by atoms with E-state index >= 15 is 0 Å². The number of ketones is 1. The van der Waals surface area contributed by atoms with Gasteiger partial charge in [-0.1, -0.05) is 0 Å². The molecule has 2 atom stereocenters. The third-order valence-electron chi connectivity index (χ3n) is 3.40. The number of nitrogens with zero attached hydrogens (tertiary/aromatic N) is 2. The Morgan fingerprint density at radius 2 is 2.12 bits per heavy atom. The summed E-state index contributed by atoms with van der Waals surface area (Å²) in [5.41, 5.74) is 4.76. The second-order valence-electron chi connectivity index (χ2n) is 4.86. The minimum Gasteiger partial charge on any atom is -0.509 e. The van der Waals surface area contributed by atoms with E-state index in [4.69, 9.17) is 10.8 Å². The first-order chi connectivity index (χ1) is 11.3. The van der Waals surface area contributed by atoms with Gasteiger partial charge in [0.1, 0.15) is 22.9 Å². The number of aromatic nitrogens is 1. The van der Waals surface area contributed by atoms with Gasteiger partial charge in [-0.2, -0.15) is 0 Å². The number of nitrogens with one attached hydrogen (secondary N) is 1. The zero-order valence-electron chi connectivity index (χ0n) is 11.8. The van der Waals surface area contributed by atoms with E-state index < -0.39 is 46.4 Å². The summed E-state index contributed by atoms with van der Waals surface area (Å²) in [7, 11) is 0. The van der Waals surface area contributed by atoms with E-state index in [1.807, 2.05) is 0 Å². The molecule has 1 aromatic rings. The van der Waals surface area contributed by atoms with Crippen LogP contribution in [0.15, 0.2) is 16.8 Å². The van der Waals surface area contributed by atoms with Crippen molar-refractivity contribution in [3.05, 3.63) is 22.5 Å². The lowest BCUT2D eigenvalue weighted by atomic mass is 10.0. The van der Waals surface area contributed by atoms with Crippen molar-refractivity contribution >= 4 is 51.8 Å². The molecular formula is C12H10N4O6S2. The third kappa shape index (κ3) is 2.49. The largest absolute Gasteiger partial charge is 0.509 e. The number of aliphatic hydroxyl groups excluding tert-OH is 1. The molecule has 2 amide bonds. The first-order valence-corrected chi connectivity index (χ1v) is 8.40. The van der Waals surface area contributed by atoms with Gasteiger partial charge in [-0.05, 0) is 0 Å². The van der Waals surface area contributed by atoms with Gasteiger partial charge in [0.05, 0.1) is 5.75 Å². The Morgan fingerprint density at radius 3 is 2.71 bits per heavy atom. The fourth-order valence-electron chi connectivity index (χ4n) is 2.32. The number of carboxylic acid groups (broad SMARTS) is 1. The molecule has 12 heteroatoms. The number of anilines is 1. The number of aliphatic carboxylic acids is 1. The quantitative estimate of drug-likeness (QED) is 0.301. The van der Waals surface area contributed by atoms with Gasteiger partial charge in [0.15, 0.2) is 10.8 Å². The molecule has 1 aromatic heterocycles. The molecule has 3 heterocycles. The molecular weight excluding hydrogens is 360 g/mol. The van der Waals surface area contributed by atoms with Gasteiger partial charge in [0.25, 0.3) is 17.6 Å². The van der Waals surface area contributed by atoms with Gasteiger partial charge < -0.3 is 21.3 Å². The molecule has 1 saturated heterocycles. The predicted molar refractivity (Wildman–Crippen MR) is 83.2 cm³/mol. The number of nitrogen functional groups attached to an aromatic ring is 1. The van der Waals surface area contributed by atoms with Gasteiger partial charge in [-0.25, -0.2) is 9.78 Å². The maximum atomic E-state index is 12.1. The molecule has 0 radical (unpaired) electrons. The summed E-state index contributed by atoms with van der Waals surface area (Å²) in [5.74, 6) is -4.56. The van der Waals surface area contributed by atoms with Crippen LogP contribution >= 0.6 is 23.1 Å². The highest BCUT2D eigenvalue weighted by Crippen LogP contribution is 2.39. The lowest BCUT2D eigenvalue weighted by Gasteiger charge is -2.48. The highest BCUT2D eigenvalue weighted by Gasteiger charge is 2.54. The Kier molecular flexibility index (Phi) is 3.93. The lowest BCUT2D eigenvalue weighted by Crippen LogP contribution is -2.71. The molecule has 0 aliphatic carbocycles. The Balaban J connectivity index is 1.72. The average molecular weight is 370 g/mol. The smallest absolute Gasteiger partial charge is 0.356 e. The fraction of sp³-hybridized carbons (Fsp3) is 0.250. The number of carboxylic acids is 1. The number of fused-ring (bicyclic) bond motifs is 1.